The van der Waals surface area contributed by atoms with E-state index in [2.05, 4.69) is 15.4 Å². The van der Waals surface area contributed by atoms with Crippen LogP contribution in [0.3, 0.4) is 0 Å². The molecule has 3 aromatic rings. The summed E-state index contributed by atoms with van der Waals surface area (Å²) in [5, 5.41) is 0.931. The van der Waals surface area contributed by atoms with E-state index in [1.807, 2.05) is 36.4 Å². The third-order valence-corrected chi connectivity index (χ3v) is 4.06. The second-order valence-electron chi connectivity index (χ2n) is 4.53. The number of nitrogens with two attached hydrogens (primary N) is 1. The first kappa shape index (κ1) is 14.2. The molecule has 2 aromatic carbocycles. The highest BCUT2D eigenvalue weighted by molar-refractivity contribution is 6.42. The van der Waals surface area contributed by atoms with Crippen molar-refractivity contribution >= 4 is 34.2 Å². The quantitative estimate of drug-likeness (QED) is 0.573. The second kappa shape index (κ2) is 5.95. The molecule has 4 nitrogen and oxygen atoms in total. The summed E-state index contributed by atoms with van der Waals surface area (Å²) in [5.41, 5.74) is 5.79. The molecule has 1 atom stereocenters. The lowest BCUT2D eigenvalue weighted by molar-refractivity contribution is 0.621. The molecule has 0 saturated heterocycles. The summed E-state index contributed by atoms with van der Waals surface area (Å²) in [7, 11) is 0. The standard InChI is InChI=1S/C15H12Cl2N4/c16-10-5-3-4-9(14(10)17)15(21-18)13-8-19-11-6-1-2-7-12(11)20-13/h1-8,15,21H,18H2. The van der Waals surface area contributed by atoms with Crippen LogP contribution in [0.4, 0.5) is 0 Å². The van der Waals surface area contributed by atoms with Crippen LogP contribution in [0.25, 0.3) is 11.0 Å². The first-order chi connectivity index (χ1) is 10.2. The summed E-state index contributed by atoms with van der Waals surface area (Å²) in [6.45, 7) is 0. The zero-order valence-electron chi connectivity index (χ0n) is 10.9. The number of aromatic nitrogens is 2. The zero-order valence-corrected chi connectivity index (χ0v) is 12.4. The molecule has 0 bridgehead atoms. The number of halogens is 2. The predicted molar refractivity (Wildman–Crippen MR) is 85.2 cm³/mol. The fourth-order valence-corrected chi connectivity index (χ4v) is 2.61. The lowest BCUT2D eigenvalue weighted by Crippen LogP contribution is -2.30. The number of rotatable bonds is 3. The molecular formula is C15H12Cl2N4. The average molecular weight is 319 g/mol. The lowest BCUT2D eigenvalue weighted by Gasteiger charge is -2.17. The molecule has 0 aliphatic carbocycles. The molecule has 3 N–H and O–H groups in total. The van der Waals surface area contributed by atoms with Crippen molar-refractivity contribution in [2.75, 3.05) is 0 Å². The Balaban J connectivity index is 2.11. The van der Waals surface area contributed by atoms with E-state index in [0.717, 1.165) is 16.6 Å². The van der Waals surface area contributed by atoms with E-state index < -0.39 is 0 Å². The number of hydrogen-bond acceptors (Lipinski definition) is 4. The number of nitrogens with one attached hydrogen (secondary N) is 1. The molecule has 1 aromatic heterocycles. The van der Waals surface area contributed by atoms with Gasteiger partial charge >= 0.3 is 0 Å². The van der Waals surface area contributed by atoms with E-state index >= 15 is 0 Å². The van der Waals surface area contributed by atoms with E-state index in [4.69, 9.17) is 29.0 Å². The zero-order chi connectivity index (χ0) is 14.8. The smallest absolute Gasteiger partial charge is 0.0912 e. The number of nitrogens with zero attached hydrogens (tertiary/aromatic N) is 2. The minimum Gasteiger partial charge on any atom is -0.271 e. The van der Waals surface area contributed by atoms with Gasteiger partial charge in [-0.2, -0.15) is 0 Å². The van der Waals surface area contributed by atoms with Crippen molar-refractivity contribution in [3.05, 3.63) is 70.0 Å². The molecule has 106 valence electrons. The van der Waals surface area contributed by atoms with Crippen LogP contribution in [0.5, 0.6) is 0 Å². The first-order valence-corrected chi connectivity index (χ1v) is 7.08. The Labute approximate surface area is 131 Å². The van der Waals surface area contributed by atoms with E-state index in [-0.39, 0.29) is 6.04 Å². The highest BCUT2D eigenvalue weighted by Gasteiger charge is 2.19. The summed E-state index contributed by atoms with van der Waals surface area (Å²) in [6.07, 6.45) is 1.68. The van der Waals surface area contributed by atoms with Crippen molar-refractivity contribution in [1.82, 2.24) is 15.4 Å². The van der Waals surface area contributed by atoms with Crippen molar-refractivity contribution in [3.8, 4) is 0 Å². The van der Waals surface area contributed by atoms with Crippen molar-refractivity contribution in [2.24, 2.45) is 5.84 Å². The van der Waals surface area contributed by atoms with Crippen molar-refractivity contribution in [3.63, 3.8) is 0 Å². The van der Waals surface area contributed by atoms with Crippen LogP contribution in [-0.2, 0) is 0 Å². The van der Waals surface area contributed by atoms with Crippen molar-refractivity contribution in [1.29, 1.82) is 0 Å². The van der Waals surface area contributed by atoms with Crippen molar-refractivity contribution in [2.45, 2.75) is 6.04 Å². The second-order valence-corrected chi connectivity index (χ2v) is 5.31. The van der Waals surface area contributed by atoms with E-state index in [1.165, 1.54) is 0 Å². The molecule has 1 unspecified atom stereocenters. The molecule has 0 saturated carbocycles. The maximum absolute atomic E-state index is 6.26. The molecule has 6 heteroatoms. The summed E-state index contributed by atoms with van der Waals surface area (Å²) in [5.74, 6) is 5.68. The average Bonchev–Trinajstić information content (AvgIpc) is 2.52. The summed E-state index contributed by atoms with van der Waals surface area (Å²) >= 11 is 12.3. The monoisotopic (exact) mass is 318 g/mol. The predicted octanol–water partition coefficient (Wildman–Crippen LogP) is 3.49. The van der Waals surface area contributed by atoms with Gasteiger partial charge in [0.15, 0.2) is 0 Å². The molecule has 0 radical (unpaired) electrons. The number of hydrogen-bond donors (Lipinski definition) is 2. The Morgan fingerprint density at radius 2 is 1.76 bits per heavy atom. The van der Waals surface area contributed by atoms with Gasteiger partial charge in [0.2, 0.25) is 0 Å². The van der Waals surface area contributed by atoms with Gasteiger partial charge < -0.3 is 0 Å². The Bertz CT molecular complexity index is 791. The number of fused-ring (bicyclic) bond motifs is 1. The van der Waals surface area contributed by atoms with Gasteiger partial charge in [0.05, 0.1) is 39.0 Å². The maximum Gasteiger partial charge on any atom is 0.0912 e. The maximum atomic E-state index is 6.26. The molecule has 21 heavy (non-hydrogen) atoms. The van der Waals surface area contributed by atoms with Gasteiger partial charge in [-0.05, 0) is 23.8 Å². The molecular weight excluding hydrogens is 307 g/mol. The van der Waals surface area contributed by atoms with E-state index in [1.54, 1.807) is 12.3 Å². The molecule has 0 fully saturated rings. The minimum absolute atomic E-state index is 0.381. The van der Waals surface area contributed by atoms with Crippen LogP contribution < -0.4 is 11.3 Å². The van der Waals surface area contributed by atoms with Crippen LogP contribution in [0.1, 0.15) is 17.3 Å². The van der Waals surface area contributed by atoms with Crippen LogP contribution in [-0.4, -0.2) is 9.97 Å². The van der Waals surface area contributed by atoms with E-state index in [0.29, 0.717) is 15.7 Å². The highest BCUT2D eigenvalue weighted by Crippen LogP contribution is 2.32. The van der Waals surface area contributed by atoms with E-state index in [9.17, 15) is 0 Å². The topological polar surface area (TPSA) is 63.8 Å². The third-order valence-electron chi connectivity index (χ3n) is 3.22. The molecule has 0 spiro atoms. The van der Waals surface area contributed by atoms with Gasteiger partial charge in [0.1, 0.15) is 0 Å². The van der Waals surface area contributed by atoms with Gasteiger partial charge in [0, 0.05) is 0 Å². The van der Waals surface area contributed by atoms with Crippen molar-refractivity contribution < 1.29 is 0 Å². The van der Waals surface area contributed by atoms with Crippen LogP contribution in [0.2, 0.25) is 10.0 Å². The molecule has 0 amide bonds. The summed E-state index contributed by atoms with van der Waals surface area (Å²) in [4.78, 5) is 8.98. The largest absolute Gasteiger partial charge is 0.271 e. The Morgan fingerprint density at radius 1 is 1.00 bits per heavy atom. The summed E-state index contributed by atoms with van der Waals surface area (Å²) in [6, 6.07) is 12.7. The molecule has 0 aliphatic rings. The fourth-order valence-electron chi connectivity index (χ4n) is 2.19. The Hall–Kier alpha value is -1.72. The third kappa shape index (κ3) is 2.71. The van der Waals surface area contributed by atoms with Gasteiger partial charge in [-0.3, -0.25) is 10.8 Å². The minimum atomic E-state index is -0.381. The Morgan fingerprint density at radius 3 is 2.52 bits per heavy atom. The summed E-state index contributed by atoms with van der Waals surface area (Å²) < 4.78 is 0. The van der Waals surface area contributed by atoms with Crippen LogP contribution in [0, 0.1) is 0 Å². The molecule has 0 aliphatic heterocycles. The normalized spacial score (nSPS) is 12.5. The Kier molecular flexibility index (Phi) is 4.03. The number of para-hydroxylation sites is 2. The van der Waals surface area contributed by atoms with Gasteiger partial charge in [0.25, 0.3) is 0 Å². The molecule has 3 rings (SSSR count). The SMILES string of the molecule is NNC(c1cnc2ccccc2n1)c1cccc(Cl)c1Cl. The van der Waals surface area contributed by atoms with Crippen LogP contribution in [0.15, 0.2) is 48.7 Å². The fraction of sp³-hybridized carbons (Fsp3) is 0.0667. The van der Waals surface area contributed by atoms with Gasteiger partial charge in [-0.15, -0.1) is 0 Å². The number of hydrazine groups is 1. The lowest BCUT2D eigenvalue weighted by atomic mass is 10.0. The van der Waals surface area contributed by atoms with Crippen LogP contribution >= 0.6 is 23.2 Å². The first-order valence-electron chi connectivity index (χ1n) is 6.32. The highest BCUT2D eigenvalue weighted by atomic mass is 35.5. The van der Waals surface area contributed by atoms with Gasteiger partial charge in [-0.25, -0.2) is 10.4 Å². The molecule has 1 heterocycles. The number of benzene rings is 2. The van der Waals surface area contributed by atoms with Gasteiger partial charge in [-0.1, -0.05) is 47.5 Å².